The quantitative estimate of drug-likeness (QED) is 0.915. The van der Waals surface area contributed by atoms with Gasteiger partial charge in [-0.05, 0) is 50.5 Å². The van der Waals surface area contributed by atoms with Gasteiger partial charge in [-0.25, -0.2) is 0 Å². The van der Waals surface area contributed by atoms with Gasteiger partial charge in [0.15, 0.2) is 6.61 Å². The van der Waals surface area contributed by atoms with Gasteiger partial charge >= 0.3 is 0 Å². The van der Waals surface area contributed by atoms with E-state index in [1.807, 2.05) is 13.0 Å². The molecule has 0 bridgehead atoms. The maximum atomic E-state index is 5.71. The zero-order valence-corrected chi connectivity index (χ0v) is 11.7. The molecule has 5 nitrogen and oxygen atoms in total. The van der Waals surface area contributed by atoms with E-state index in [0.717, 1.165) is 11.3 Å². The first kappa shape index (κ1) is 13.5. The van der Waals surface area contributed by atoms with Crippen LogP contribution in [-0.2, 0) is 6.61 Å². The lowest BCUT2D eigenvalue weighted by Gasteiger charge is -2.10. The summed E-state index contributed by atoms with van der Waals surface area (Å²) in [4.78, 5) is 0. The Labute approximate surface area is 112 Å². The van der Waals surface area contributed by atoms with Gasteiger partial charge in [-0.2, -0.15) is 0 Å². The molecule has 0 amide bonds. The zero-order chi connectivity index (χ0) is 14.0. The minimum absolute atomic E-state index is 0.253. The second-order valence-electron chi connectivity index (χ2n) is 4.81. The number of aromatic nitrogens is 2. The molecule has 2 N–H and O–H groups in total. The molecular weight excluding hydrogens is 242 g/mol. The van der Waals surface area contributed by atoms with Gasteiger partial charge in [-0.15, -0.1) is 10.2 Å². The minimum Gasteiger partial charge on any atom is -0.484 e. The number of rotatable bonds is 4. The summed E-state index contributed by atoms with van der Waals surface area (Å²) in [5, 5.41) is 7.76. The van der Waals surface area contributed by atoms with Crippen molar-refractivity contribution in [3.63, 3.8) is 0 Å². The normalized spacial score (nSPS) is 12.5. The highest BCUT2D eigenvalue weighted by Gasteiger charge is 2.11. The molecule has 0 aliphatic carbocycles. The predicted octanol–water partition coefficient (Wildman–Crippen LogP) is 2.59. The number of nitrogens with two attached hydrogens (primary N) is 1. The Morgan fingerprint density at radius 1 is 1.16 bits per heavy atom. The largest absolute Gasteiger partial charge is 0.484 e. The van der Waals surface area contributed by atoms with Crippen molar-refractivity contribution < 1.29 is 9.15 Å². The summed E-state index contributed by atoms with van der Waals surface area (Å²) >= 11 is 0. The van der Waals surface area contributed by atoms with Gasteiger partial charge in [0.2, 0.25) is 5.89 Å². The fraction of sp³-hybridized carbons (Fsp3) is 0.429. The number of hydrogen-bond donors (Lipinski definition) is 1. The first-order valence-corrected chi connectivity index (χ1v) is 6.26. The third-order valence-corrected chi connectivity index (χ3v) is 3.01. The molecule has 1 unspecified atom stereocenters. The molecule has 0 spiro atoms. The second-order valence-corrected chi connectivity index (χ2v) is 4.81. The van der Waals surface area contributed by atoms with Crippen LogP contribution >= 0.6 is 0 Å². The van der Waals surface area contributed by atoms with E-state index >= 15 is 0 Å². The Kier molecular flexibility index (Phi) is 3.85. The van der Waals surface area contributed by atoms with E-state index in [4.69, 9.17) is 14.9 Å². The third-order valence-electron chi connectivity index (χ3n) is 3.01. The van der Waals surface area contributed by atoms with Gasteiger partial charge < -0.3 is 14.9 Å². The predicted molar refractivity (Wildman–Crippen MR) is 71.9 cm³/mol. The van der Waals surface area contributed by atoms with E-state index < -0.39 is 0 Å². The Hall–Kier alpha value is -1.88. The minimum atomic E-state index is -0.260. The van der Waals surface area contributed by atoms with Gasteiger partial charge in [0.25, 0.3) is 5.89 Å². The molecule has 0 saturated carbocycles. The molecule has 1 aromatic carbocycles. The summed E-state index contributed by atoms with van der Waals surface area (Å²) in [5.74, 6) is 1.70. The van der Waals surface area contributed by atoms with Crippen LogP contribution < -0.4 is 10.5 Å². The van der Waals surface area contributed by atoms with Crippen molar-refractivity contribution in [2.24, 2.45) is 5.73 Å². The molecule has 2 aromatic rings. The van der Waals surface area contributed by atoms with E-state index in [9.17, 15) is 0 Å². The summed E-state index contributed by atoms with van der Waals surface area (Å²) in [6, 6.07) is 3.86. The smallest absolute Gasteiger partial charge is 0.253 e. The fourth-order valence-electron chi connectivity index (χ4n) is 1.74. The molecule has 0 saturated heterocycles. The van der Waals surface area contributed by atoms with Crippen molar-refractivity contribution >= 4 is 0 Å². The van der Waals surface area contributed by atoms with Crippen LogP contribution in [0, 0.1) is 20.8 Å². The Morgan fingerprint density at radius 3 is 2.47 bits per heavy atom. The van der Waals surface area contributed by atoms with E-state index in [1.165, 1.54) is 11.1 Å². The van der Waals surface area contributed by atoms with Crippen LogP contribution in [0.2, 0.25) is 0 Å². The molecular formula is C14H19N3O2. The van der Waals surface area contributed by atoms with Gasteiger partial charge in [-0.3, -0.25) is 0 Å². The maximum absolute atomic E-state index is 5.71. The fourth-order valence-corrected chi connectivity index (χ4v) is 1.74. The van der Waals surface area contributed by atoms with Crippen LogP contribution in [0.4, 0.5) is 0 Å². The average molecular weight is 261 g/mol. The van der Waals surface area contributed by atoms with Gasteiger partial charge in [0, 0.05) is 0 Å². The summed E-state index contributed by atoms with van der Waals surface area (Å²) in [6.07, 6.45) is 0. The Bertz CT molecular complexity index is 576. The van der Waals surface area contributed by atoms with Crippen molar-refractivity contribution in [3.05, 3.63) is 40.6 Å². The van der Waals surface area contributed by atoms with Gasteiger partial charge in [0.1, 0.15) is 5.75 Å². The summed E-state index contributed by atoms with van der Waals surface area (Å²) in [7, 11) is 0. The number of benzene rings is 1. The molecule has 0 fully saturated rings. The van der Waals surface area contributed by atoms with Crippen molar-refractivity contribution in [2.75, 3.05) is 0 Å². The topological polar surface area (TPSA) is 74.2 Å². The number of ether oxygens (including phenoxy) is 1. The molecule has 102 valence electrons. The second kappa shape index (κ2) is 5.40. The molecule has 0 aliphatic rings. The monoisotopic (exact) mass is 261 g/mol. The highest BCUT2D eigenvalue weighted by atomic mass is 16.5. The number of hydrogen-bond acceptors (Lipinski definition) is 5. The van der Waals surface area contributed by atoms with Crippen molar-refractivity contribution in [3.8, 4) is 5.75 Å². The SMILES string of the molecule is Cc1cc(C)c(OCc2nnc(C(C)N)o2)cc1C. The zero-order valence-electron chi connectivity index (χ0n) is 11.7. The molecule has 19 heavy (non-hydrogen) atoms. The summed E-state index contributed by atoms with van der Waals surface area (Å²) in [5.41, 5.74) is 9.20. The van der Waals surface area contributed by atoms with Crippen LogP contribution in [0.5, 0.6) is 5.75 Å². The Morgan fingerprint density at radius 2 is 1.84 bits per heavy atom. The van der Waals surface area contributed by atoms with E-state index in [0.29, 0.717) is 11.8 Å². The standard InChI is InChI=1S/C14H19N3O2/c1-8-5-10(3)12(6-9(8)2)18-7-13-16-17-14(19-13)11(4)15/h5-6,11H,7,15H2,1-4H3. The maximum Gasteiger partial charge on any atom is 0.253 e. The molecule has 1 aromatic heterocycles. The molecule has 5 heteroatoms. The molecule has 2 rings (SSSR count). The first-order valence-electron chi connectivity index (χ1n) is 6.26. The summed E-state index contributed by atoms with van der Waals surface area (Å²) in [6.45, 7) is 8.21. The van der Waals surface area contributed by atoms with Gasteiger partial charge in [-0.1, -0.05) is 6.07 Å². The highest BCUT2D eigenvalue weighted by Crippen LogP contribution is 2.23. The van der Waals surface area contributed by atoms with Crippen molar-refractivity contribution in [1.82, 2.24) is 10.2 Å². The van der Waals surface area contributed by atoms with Crippen LogP contribution in [0.1, 0.15) is 41.4 Å². The lowest BCUT2D eigenvalue weighted by atomic mass is 10.1. The lowest BCUT2D eigenvalue weighted by Crippen LogP contribution is -2.04. The van der Waals surface area contributed by atoms with E-state index in [2.05, 4.69) is 30.1 Å². The molecule has 0 aliphatic heterocycles. The van der Waals surface area contributed by atoms with Crippen LogP contribution in [0.15, 0.2) is 16.5 Å². The molecule has 1 heterocycles. The highest BCUT2D eigenvalue weighted by molar-refractivity contribution is 5.40. The van der Waals surface area contributed by atoms with E-state index in [1.54, 1.807) is 6.92 Å². The van der Waals surface area contributed by atoms with Gasteiger partial charge in [0.05, 0.1) is 6.04 Å². The number of aryl methyl sites for hydroxylation is 3. The first-order chi connectivity index (χ1) is 8.97. The number of nitrogens with zero attached hydrogens (tertiary/aromatic N) is 2. The Balaban J connectivity index is 2.07. The third kappa shape index (κ3) is 3.12. The van der Waals surface area contributed by atoms with E-state index in [-0.39, 0.29) is 12.6 Å². The van der Waals surface area contributed by atoms with Crippen LogP contribution in [0.25, 0.3) is 0 Å². The lowest BCUT2D eigenvalue weighted by molar-refractivity contribution is 0.255. The van der Waals surface area contributed by atoms with Crippen molar-refractivity contribution in [1.29, 1.82) is 0 Å². The molecule has 0 radical (unpaired) electrons. The average Bonchev–Trinajstić information content (AvgIpc) is 2.81. The van der Waals surface area contributed by atoms with Crippen LogP contribution in [-0.4, -0.2) is 10.2 Å². The van der Waals surface area contributed by atoms with Crippen LogP contribution in [0.3, 0.4) is 0 Å². The molecule has 1 atom stereocenters. The summed E-state index contributed by atoms with van der Waals surface area (Å²) < 4.78 is 11.1. The van der Waals surface area contributed by atoms with Crippen molar-refractivity contribution in [2.45, 2.75) is 40.3 Å².